The van der Waals surface area contributed by atoms with E-state index in [9.17, 15) is 0 Å². The highest BCUT2D eigenvalue weighted by molar-refractivity contribution is 5.88. The van der Waals surface area contributed by atoms with Crippen molar-refractivity contribution < 1.29 is 33.4 Å². The van der Waals surface area contributed by atoms with E-state index in [2.05, 4.69) is 66.2 Å². The summed E-state index contributed by atoms with van der Waals surface area (Å²) in [4.78, 5) is 0. The highest BCUT2D eigenvalue weighted by Gasteiger charge is 2.09. The van der Waals surface area contributed by atoms with Crippen LogP contribution in [0.1, 0.15) is 0 Å². The standard InChI is InChI=1S/C14H12N.ClHO4/c1-15-13-8-4-2-6-11(13)10-12-7-3-5-9-14(12)15;2-1(3,4)5/h2-10H,1H3;(H,2,3,4,5)/q+1;/p-1. The third-order valence-electron chi connectivity index (χ3n) is 2.91. The molecule has 5 nitrogen and oxygen atoms in total. The van der Waals surface area contributed by atoms with Crippen LogP contribution in [0.4, 0.5) is 0 Å². The first-order valence-corrected chi connectivity index (χ1v) is 6.98. The normalized spacial score (nSPS) is 11.2. The van der Waals surface area contributed by atoms with E-state index in [-0.39, 0.29) is 0 Å². The molecule has 2 aromatic carbocycles. The van der Waals surface area contributed by atoms with Gasteiger partial charge >= 0.3 is 0 Å². The summed E-state index contributed by atoms with van der Waals surface area (Å²) < 4.78 is 36.2. The van der Waals surface area contributed by atoms with Crippen LogP contribution in [0.5, 0.6) is 0 Å². The van der Waals surface area contributed by atoms with Crippen molar-refractivity contribution in [2.45, 2.75) is 0 Å². The molecule has 0 aliphatic heterocycles. The van der Waals surface area contributed by atoms with E-state index in [1.807, 2.05) is 0 Å². The summed E-state index contributed by atoms with van der Waals surface area (Å²) in [5.41, 5.74) is 2.55. The second-order valence-electron chi connectivity index (χ2n) is 4.20. The minimum atomic E-state index is -4.94. The molecule has 0 N–H and O–H groups in total. The number of fused-ring (bicyclic) bond motifs is 2. The lowest BCUT2D eigenvalue weighted by atomic mass is 10.1. The van der Waals surface area contributed by atoms with Crippen LogP contribution in [0.25, 0.3) is 21.8 Å². The molecule has 104 valence electrons. The highest BCUT2D eigenvalue weighted by atomic mass is 35.7. The minimum Gasteiger partial charge on any atom is -0.222 e. The summed E-state index contributed by atoms with van der Waals surface area (Å²) in [6, 6.07) is 19.2. The van der Waals surface area contributed by atoms with Gasteiger partial charge in [0.15, 0.2) is 0 Å². The molecule has 3 aromatic rings. The predicted molar refractivity (Wildman–Crippen MR) is 62.6 cm³/mol. The second-order valence-corrected chi connectivity index (χ2v) is 4.95. The van der Waals surface area contributed by atoms with Crippen molar-refractivity contribution >= 4 is 21.8 Å². The molecule has 1 aromatic heterocycles. The number of hydrogen-bond acceptors (Lipinski definition) is 4. The number of aryl methyl sites for hydroxylation is 1. The molecule has 6 heteroatoms. The van der Waals surface area contributed by atoms with Crippen LogP contribution in [0.2, 0.25) is 0 Å². The van der Waals surface area contributed by atoms with Gasteiger partial charge in [-0.05, 0) is 18.2 Å². The van der Waals surface area contributed by atoms with Crippen molar-refractivity contribution in [3.05, 3.63) is 54.6 Å². The molecule has 0 unspecified atom stereocenters. The van der Waals surface area contributed by atoms with Crippen LogP contribution in [0, 0.1) is 10.2 Å². The third kappa shape index (κ3) is 3.63. The molecule has 20 heavy (non-hydrogen) atoms. The first kappa shape index (κ1) is 14.6. The maximum Gasteiger partial charge on any atom is 0.212 e. The number of rotatable bonds is 0. The molecule has 0 aliphatic rings. The molecule has 0 fully saturated rings. The Morgan fingerprint density at radius 3 is 1.50 bits per heavy atom. The Balaban J connectivity index is 0.000000257. The zero-order valence-electron chi connectivity index (χ0n) is 10.7. The molecule has 0 spiro atoms. The number of nitrogens with zero attached hydrogens (tertiary/aromatic N) is 1. The van der Waals surface area contributed by atoms with Crippen LogP contribution in [0.15, 0.2) is 54.6 Å². The highest BCUT2D eigenvalue weighted by Crippen LogP contribution is 2.16. The average molecular weight is 294 g/mol. The van der Waals surface area contributed by atoms with E-state index < -0.39 is 10.2 Å². The van der Waals surface area contributed by atoms with Gasteiger partial charge in [0.1, 0.15) is 7.05 Å². The Morgan fingerprint density at radius 2 is 1.10 bits per heavy atom. The van der Waals surface area contributed by atoms with E-state index in [4.69, 9.17) is 18.6 Å². The molecule has 0 saturated heterocycles. The van der Waals surface area contributed by atoms with Gasteiger partial charge in [0.2, 0.25) is 11.0 Å². The molecule has 0 bridgehead atoms. The molecule has 0 aliphatic carbocycles. The molecule has 0 atom stereocenters. The number of benzene rings is 2. The van der Waals surface area contributed by atoms with Crippen LogP contribution < -0.4 is 23.2 Å². The summed E-state index contributed by atoms with van der Waals surface area (Å²) in [5, 5.41) is 2.58. The van der Waals surface area contributed by atoms with Gasteiger partial charge in [-0.25, -0.2) is 18.6 Å². The maximum atomic E-state index is 8.49. The molecule has 3 rings (SSSR count). The Hall–Kier alpha value is -1.76. The molecule has 0 radical (unpaired) electrons. The van der Waals surface area contributed by atoms with Crippen molar-refractivity contribution in [3.63, 3.8) is 0 Å². The fourth-order valence-corrected chi connectivity index (χ4v) is 2.13. The van der Waals surface area contributed by atoms with Gasteiger partial charge in [-0.1, -0.05) is 24.3 Å². The Kier molecular flexibility index (Phi) is 4.17. The van der Waals surface area contributed by atoms with Crippen LogP contribution in [0.3, 0.4) is 0 Å². The fourth-order valence-electron chi connectivity index (χ4n) is 2.13. The smallest absolute Gasteiger partial charge is 0.212 e. The zero-order valence-corrected chi connectivity index (χ0v) is 11.4. The van der Waals surface area contributed by atoms with E-state index >= 15 is 0 Å². The molecular formula is C14H12ClNO4. The topological polar surface area (TPSA) is 96.1 Å². The summed E-state index contributed by atoms with van der Waals surface area (Å²) in [5.74, 6) is 0. The number of aromatic nitrogens is 1. The molecular weight excluding hydrogens is 282 g/mol. The minimum absolute atomic E-state index is 1.27. The van der Waals surface area contributed by atoms with Gasteiger partial charge in [-0.15, -0.1) is 10.2 Å². The van der Waals surface area contributed by atoms with Gasteiger partial charge in [0.05, 0.1) is 0 Å². The van der Waals surface area contributed by atoms with E-state index in [0.717, 1.165) is 0 Å². The fraction of sp³-hybridized carbons (Fsp3) is 0.0714. The van der Waals surface area contributed by atoms with Gasteiger partial charge in [-0.2, -0.15) is 4.57 Å². The Labute approximate surface area is 117 Å². The molecule has 0 saturated carbocycles. The third-order valence-corrected chi connectivity index (χ3v) is 2.91. The van der Waals surface area contributed by atoms with Crippen molar-refractivity contribution in [2.24, 2.45) is 7.05 Å². The largest absolute Gasteiger partial charge is 0.222 e. The monoisotopic (exact) mass is 293 g/mol. The van der Waals surface area contributed by atoms with E-state index in [1.54, 1.807) is 0 Å². The number of hydrogen-bond donors (Lipinski definition) is 0. The Bertz CT molecular complexity index is 680. The summed E-state index contributed by atoms with van der Waals surface area (Å²) in [6.07, 6.45) is 0. The SMILES string of the molecule is C[n+]1c2ccccc2cc2ccccc21.[O-][Cl+3]([O-])([O-])[O-]. The lowest BCUT2D eigenvalue weighted by Crippen LogP contribution is -2.68. The zero-order chi connectivity index (χ0) is 14.8. The average Bonchev–Trinajstić information content (AvgIpc) is 2.37. The van der Waals surface area contributed by atoms with Gasteiger partial charge in [0.25, 0.3) is 0 Å². The van der Waals surface area contributed by atoms with Crippen molar-refractivity contribution in [3.8, 4) is 0 Å². The van der Waals surface area contributed by atoms with Gasteiger partial charge in [0, 0.05) is 22.9 Å². The number of halogens is 1. The summed E-state index contributed by atoms with van der Waals surface area (Å²) in [6.45, 7) is 0. The molecule has 0 amide bonds. The predicted octanol–water partition coefficient (Wildman–Crippen LogP) is -1.94. The van der Waals surface area contributed by atoms with Gasteiger partial charge < -0.3 is 0 Å². The second kappa shape index (κ2) is 5.70. The number of para-hydroxylation sites is 2. The summed E-state index contributed by atoms with van der Waals surface area (Å²) >= 11 is 0. The van der Waals surface area contributed by atoms with Crippen molar-refractivity contribution in [2.75, 3.05) is 0 Å². The van der Waals surface area contributed by atoms with Gasteiger partial charge in [-0.3, -0.25) is 0 Å². The lowest BCUT2D eigenvalue weighted by Gasteiger charge is -2.17. The van der Waals surface area contributed by atoms with Crippen molar-refractivity contribution in [1.82, 2.24) is 0 Å². The maximum absolute atomic E-state index is 8.49. The Morgan fingerprint density at radius 1 is 0.750 bits per heavy atom. The first-order chi connectivity index (χ1) is 9.36. The van der Waals surface area contributed by atoms with Crippen LogP contribution in [-0.4, -0.2) is 0 Å². The summed E-state index contributed by atoms with van der Waals surface area (Å²) in [7, 11) is -2.83. The first-order valence-electron chi connectivity index (χ1n) is 5.74. The van der Waals surface area contributed by atoms with E-state index in [0.29, 0.717) is 0 Å². The van der Waals surface area contributed by atoms with Crippen LogP contribution >= 0.6 is 0 Å². The quantitative estimate of drug-likeness (QED) is 0.356. The van der Waals surface area contributed by atoms with Crippen molar-refractivity contribution in [1.29, 1.82) is 0 Å². The van der Waals surface area contributed by atoms with Crippen LogP contribution in [-0.2, 0) is 7.05 Å². The molecule has 1 heterocycles. The lowest BCUT2D eigenvalue weighted by molar-refractivity contribution is -2.00. The van der Waals surface area contributed by atoms with E-state index in [1.165, 1.54) is 21.8 Å². The number of pyridine rings is 1.